The molecule has 298 valence electrons. The highest BCUT2D eigenvalue weighted by atomic mass is 16.6. The van der Waals surface area contributed by atoms with Gasteiger partial charge in [-0.3, -0.25) is 9.59 Å². The van der Waals surface area contributed by atoms with Crippen LogP contribution in [0.5, 0.6) is 0 Å². The Labute approximate surface area is 317 Å². The maximum atomic E-state index is 12.0. The number of rotatable bonds is 7. The topological polar surface area (TPSA) is 124 Å². The van der Waals surface area contributed by atoms with Crippen molar-refractivity contribution in [2.45, 2.75) is 148 Å². The molecule has 8 aliphatic rings. The van der Waals surface area contributed by atoms with Gasteiger partial charge < -0.3 is 39.7 Å². The SMILES string of the molecule is CCCC1NC(=O)CC12CCN(C1CC3(CCN(C(=O)OCC)C3)C1)CC2.CCOC(=O)N1CCC2(CC(N3CCC4(CC3)CC(=O)NC4CC)C2)C1. The average molecular weight is 741 g/mol. The zero-order chi connectivity index (χ0) is 37.4. The van der Waals surface area contributed by atoms with E-state index in [4.69, 9.17) is 9.47 Å². The summed E-state index contributed by atoms with van der Waals surface area (Å²) in [6, 6.07) is 2.09. The highest BCUT2D eigenvalue weighted by Crippen LogP contribution is 2.54. The van der Waals surface area contributed by atoms with Crippen molar-refractivity contribution in [2.24, 2.45) is 21.7 Å². The smallest absolute Gasteiger partial charge is 0.409 e. The minimum Gasteiger partial charge on any atom is -0.450 e. The molecule has 6 heterocycles. The van der Waals surface area contributed by atoms with Gasteiger partial charge in [0.1, 0.15) is 0 Å². The summed E-state index contributed by atoms with van der Waals surface area (Å²) in [7, 11) is 0. The number of likely N-dealkylation sites (tertiary alicyclic amines) is 4. The molecule has 2 atom stereocenters. The molecule has 12 nitrogen and oxygen atoms in total. The largest absolute Gasteiger partial charge is 0.450 e. The van der Waals surface area contributed by atoms with E-state index in [9.17, 15) is 19.2 Å². The summed E-state index contributed by atoms with van der Waals surface area (Å²) < 4.78 is 10.3. The van der Waals surface area contributed by atoms with Crippen LogP contribution in [0, 0.1) is 21.7 Å². The number of piperidine rings is 2. The van der Waals surface area contributed by atoms with Crippen LogP contribution in [0.25, 0.3) is 0 Å². The molecule has 0 radical (unpaired) electrons. The highest BCUT2D eigenvalue weighted by Gasteiger charge is 2.55. The van der Waals surface area contributed by atoms with Crippen molar-refractivity contribution >= 4 is 24.0 Å². The van der Waals surface area contributed by atoms with Crippen molar-refractivity contribution < 1.29 is 28.7 Å². The van der Waals surface area contributed by atoms with Gasteiger partial charge in [0.25, 0.3) is 0 Å². The summed E-state index contributed by atoms with van der Waals surface area (Å²) in [6.45, 7) is 17.0. The number of carbonyl (C=O) groups is 4. The monoisotopic (exact) mass is 741 g/mol. The molecule has 0 aromatic rings. The number of amides is 4. The predicted octanol–water partition coefficient (Wildman–Crippen LogP) is 5.15. The highest BCUT2D eigenvalue weighted by molar-refractivity contribution is 5.80. The van der Waals surface area contributed by atoms with E-state index in [1.807, 2.05) is 23.6 Å². The van der Waals surface area contributed by atoms with E-state index in [-0.39, 0.29) is 34.8 Å². The third-order valence-corrected chi connectivity index (χ3v) is 15.4. The number of nitrogens with one attached hydrogen (secondary N) is 2. The summed E-state index contributed by atoms with van der Waals surface area (Å²) >= 11 is 0. The molecule has 0 aromatic heterocycles. The second-order valence-electron chi connectivity index (χ2n) is 18.5. The molecular weight excluding hydrogens is 672 g/mol. The van der Waals surface area contributed by atoms with Gasteiger partial charge in [-0.2, -0.15) is 0 Å². The fourth-order valence-electron chi connectivity index (χ4n) is 12.3. The molecule has 2 saturated carbocycles. The summed E-state index contributed by atoms with van der Waals surface area (Å²) in [5.74, 6) is 0.507. The molecule has 53 heavy (non-hydrogen) atoms. The Kier molecular flexibility index (Phi) is 11.3. The van der Waals surface area contributed by atoms with Crippen LogP contribution in [0.4, 0.5) is 9.59 Å². The lowest BCUT2D eigenvalue weighted by Crippen LogP contribution is -2.56. The first-order chi connectivity index (χ1) is 25.5. The van der Waals surface area contributed by atoms with Crippen LogP contribution in [-0.4, -0.2) is 133 Å². The van der Waals surface area contributed by atoms with E-state index in [0.717, 1.165) is 123 Å². The van der Waals surface area contributed by atoms with Crippen LogP contribution in [0.2, 0.25) is 0 Å². The normalized spacial score (nSPS) is 35.9. The van der Waals surface area contributed by atoms with Gasteiger partial charge in [0.05, 0.1) is 13.2 Å². The van der Waals surface area contributed by atoms with Crippen LogP contribution >= 0.6 is 0 Å². The lowest BCUT2D eigenvalue weighted by atomic mass is 9.63. The molecule has 6 saturated heterocycles. The molecule has 6 aliphatic heterocycles. The van der Waals surface area contributed by atoms with Gasteiger partial charge in [0.2, 0.25) is 11.8 Å². The van der Waals surface area contributed by atoms with E-state index >= 15 is 0 Å². The van der Waals surface area contributed by atoms with Gasteiger partial charge in [0.15, 0.2) is 0 Å². The molecule has 4 spiro atoms. The summed E-state index contributed by atoms with van der Waals surface area (Å²) in [6.07, 6.45) is 16.1. The van der Waals surface area contributed by atoms with Crippen LogP contribution in [0.15, 0.2) is 0 Å². The molecular formula is C41H68N6O6. The first kappa shape index (κ1) is 38.7. The lowest BCUT2D eigenvalue weighted by molar-refractivity contribution is -0.121. The van der Waals surface area contributed by atoms with Gasteiger partial charge in [-0.15, -0.1) is 0 Å². The standard InChI is InChI=1S/C21H35N3O3.C20H33N3O3/c1-3-5-17-21(14-18(25)22-17)7-10-23(11-8-21)16-12-20(13-16)6-9-24(15-20)19(26)27-4-2;1-3-16-20(13-17(24)21-16)6-9-22(10-7-20)15-11-19(12-15)5-8-23(14-19)18(25)26-4-2/h16-17H,3-15H2,1-2H3,(H,22,25);15-16H,3-14H2,1-2H3,(H,21,24). The summed E-state index contributed by atoms with van der Waals surface area (Å²) in [5, 5.41) is 6.44. The van der Waals surface area contributed by atoms with E-state index in [2.05, 4.69) is 34.3 Å². The third-order valence-electron chi connectivity index (χ3n) is 15.4. The number of nitrogens with zero attached hydrogens (tertiary/aromatic N) is 4. The molecule has 4 amide bonds. The lowest BCUT2D eigenvalue weighted by Gasteiger charge is -2.53. The van der Waals surface area contributed by atoms with Gasteiger partial charge in [-0.1, -0.05) is 20.3 Å². The first-order valence-electron chi connectivity index (χ1n) is 21.4. The number of ether oxygens (including phenoxy) is 2. The second-order valence-corrected chi connectivity index (χ2v) is 18.5. The number of hydrogen-bond acceptors (Lipinski definition) is 8. The molecule has 0 aromatic carbocycles. The predicted molar refractivity (Wildman–Crippen MR) is 202 cm³/mol. The van der Waals surface area contributed by atoms with Gasteiger partial charge in [-0.25, -0.2) is 9.59 Å². The van der Waals surface area contributed by atoms with Gasteiger partial charge in [-0.05, 0) is 128 Å². The molecule has 2 unspecified atom stereocenters. The maximum Gasteiger partial charge on any atom is 0.409 e. The van der Waals surface area contributed by atoms with Gasteiger partial charge >= 0.3 is 12.2 Å². The van der Waals surface area contributed by atoms with Crippen molar-refractivity contribution in [3.8, 4) is 0 Å². The maximum absolute atomic E-state index is 12.0. The fourth-order valence-corrected chi connectivity index (χ4v) is 12.3. The Hall–Kier alpha value is -2.60. The Balaban J connectivity index is 0.000000164. The van der Waals surface area contributed by atoms with E-state index in [1.165, 1.54) is 25.7 Å². The second kappa shape index (κ2) is 15.5. The average Bonchev–Trinajstić information content (AvgIpc) is 3.89. The molecule has 8 fully saturated rings. The van der Waals surface area contributed by atoms with E-state index in [0.29, 0.717) is 48.2 Å². The number of carbonyl (C=O) groups excluding carboxylic acids is 4. The minimum absolute atomic E-state index is 0.141. The Bertz CT molecular complexity index is 1350. The molecule has 12 heteroatoms. The quantitative estimate of drug-likeness (QED) is 0.368. The van der Waals surface area contributed by atoms with Crippen molar-refractivity contribution in [2.75, 3.05) is 65.6 Å². The third kappa shape index (κ3) is 7.66. The molecule has 0 bridgehead atoms. The zero-order valence-corrected chi connectivity index (χ0v) is 33.2. The Morgan fingerprint density at radius 3 is 1.43 bits per heavy atom. The van der Waals surface area contributed by atoms with Crippen LogP contribution in [0.1, 0.15) is 124 Å². The van der Waals surface area contributed by atoms with Crippen molar-refractivity contribution in [1.82, 2.24) is 30.2 Å². The Morgan fingerprint density at radius 2 is 1.04 bits per heavy atom. The van der Waals surface area contributed by atoms with Crippen LogP contribution < -0.4 is 10.6 Å². The van der Waals surface area contributed by atoms with Crippen LogP contribution in [0.3, 0.4) is 0 Å². The molecule has 8 rings (SSSR count). The van der Waals surface area contributed by atoms with E-state index < -0.39 is 0 Å². The van der Waals surface area contributed by atoms with Crippen molar-refractivity contribution in [3.63, 3.8) is 0 Å². The van der Waals surface area contributed by atoms with Crippen molar-refractivity contribution in [1.29, 1.82) is 0 Å². The fraction of sp³-hybridized carbons (Fsp3) is 0.902. The summed E-state index contributed by atoms with van der Waals surface area (Å²) in [4.78, 5) is 56.9. The van der Waals surface area contributed by atoms with Crippen LogP contribution in [-0.2, 0) is 19.1 Å². The first-order valence-corrected chi connectivity index (χ1v) is 21.4. The van der Waals surface area contributed by atoms with Gasteiger partial charge in [0, 0.05) is 74.0 Å². The summed E-state index contributed by atoms with van der Waals surface area (Å²) in [5.41, 5.74) is 1.09. The number of hydrogen-bond donors (Lipinski definition) is 2. The molecule has 2 aliphatic carbocycles. The van der Waals surface area contributed by atoms with Crippen molar-refractivity contribution in [3.05, 3.63) is 0 Å². The molecule has 2 N–H and O–H groups in total. The minimum atomic E-state index is -0.142. The zero-order valence-electron chi connectivity index (χ0n) is 33.2. The Morgan fingerprint density at radius 1 is 0.623 bits per heavy atom. The van der Waals surface area contributed by atoms with E-state index in [1.54, 1.807) is 0 Å².